The molecule has 1 atom stereocenters. The zero-order valence-corrected chi connectivity index (χ0v) is 15.0. The molecule has 1 aliphatic carbocycles. The lowest BCUT2D eigenvalue weighted by Gasteiger charge is -2.33. The van der Waals surface area contributed by atoms with E-state index in [1.807, 2.05) is 25.7 Å². The Kier molecular flexibility index (Phi) is 6.72. The van der Waals surface area contributed by atoms with Gasteiger partial charge in [-0.25, -0.2) is 4.79 Å². The molecule has 0 aromatic rings. The number of rotatable bonds is 5. The topological polar surface area (TPSA) is 61.8 Å². The largest absolute Gasteiger partial charge is 0.444 e. The number of aliphatic hydroxyl groups is 1. The molecule has 1 amide bonds. The van der Waals surface area contributed by atoms with E-state index < -0.39 is 5.60 Å². The van der Waals surface area contributed by atoms with Crippen molar-refractivity contribution in [2.45, 2.75) is 71.0 Å². The van der Waals surface area contributed by atoms with Crippen LogP contribution in [0.25, 0.3) is 0 Å². The molecule has 0 bridgehead atoms. The number of hydrogen-bond donors (Lipinski definition) is 2. The van der Waals surface area contributed by atoms with Gasteiger partial charge in [-0.15, -0.1) is 0 Å². The van der Waals surface area contributed by atoms with Crippen molar-refractivity contribution in [2.75, 3.05) is 26.2 Å². The average Bonchev–Trinajstić information content (AvgIpc) is 3.00. The van der Waals surface area contributed by atoms with Crippen molar-refractivity contribution in [1.29, 1.82) is 0 Å². The number of amides is 1. The lowest BCUT2D eigenvalue weighted by molar-refractivity contribution is 0.0183. The molecule has 2 rings (SSSR count). The van der Waals surface area contributed by atoms with Crippen molar-refractivity contribution >= 4 is 6.09 Å². The van der Waals surface area contributed by atoms with Crippen LogP contribution in [-0.4, -0.2) is 54.0 Å². The van der Waals surface area contributed by atoms with E-state index in [2.05, 4.69) is 5.32 Å². The fraction of sp³-hybridized carbons (Fsp3) is 0.944. The highest BCUT2D eigenvalue weighted by Crippen LogP contribution is 2.27. The third-order valence-corrected chi connectivity index (χ3v) is 5.00. The summed E-state index contributed by atoms with van der Waals surface area (Å²) in [6.07, 6.45) is 6.52. The van der Waals surface area contributed by atoms with Crippen molar-refractivity contribution in [3.63, 3.8) is 0 Å². The van der Waals surface area contributed by atoms with Gasteiger partial charge in [0.1, 0.15) is 5.60 Å². The summed E-state index contributed by atoms with van der Waals surface area (Å²) in [6.45, 7) is 8.88. The smallest absolute Gasteiger partial charge is 0.410 e. The normalized spacial score (nSPS) is 22.3. The van der Waals surface area contributed by atoms with Crippen LogP contribution in [0.5, 0.6) is 0 Å². The van der Waals surface area contributed by atoms with Gasteiger partial charge in [-0.1, -0.05) is 12.8 Å². The highest BCUT2D eigenvalue weighted by Gasteiger charge is 2.27. The van der Waals surface area contributed by atoms with Crippen LogP contribution in [0.4, 0.5) is 4.79 Å². The number of aliphatic hydroxyl groups excluding tert-OH is 1. The molecular formula is C18H34N2O3. The maximum atomic E-state index is 12.0. The highest BCUT2D eigenvalue weighted by atomic mass is 16.6. The van der Waals surface area contributed by atoms with Gasteiger partial charge in [0, 0.05) is 19.6 Å². The van der Waals surface area contributed by atoms with Crippen LogP contribution >= 0.6 is 0 Å². The van der Waals surface area contributed by atoms with Gasteiger partial charge < -0.3 is 20.1 Å². The molecule has 1 saturated heterocycles. The summed E-state index contributed by atoms with van der Waals surface area (Å²) in [4.78, 5) is 13.8. The Morgan fingerprint density at radius 2 is 1.83 bits per heavy atom. The Labute approximate surface area is 140 Å². The van der Waals surface area contributed by atoms with E-state index in [0.717, 1.165) is 32.5 Å². The van der Waals surface area contributed by atoms with Crippen LogP contribution in [0.15, 0.2) is 0 Å². The summed E-state index contributed by atoms with van der Waals surface area (Å²) < 4.78 is 5.42. The minimum Gasteiger partial charge on any atom is -0.444 e. The molecule has 2 N–H and O–H groups in total. The second-order valence-electron chi connectivity index (χ2n) is 8.18. The van der Waals surface area contributed by atoms with Crippen molar-refractivity contribution in [1.82, 2.24) is 10.2 Å². The predicted molar refractivity (Wildman–Crippen MR) is 91.4 cm³/mol. The van der Waals surface area contributed by atoms with Crippen LogP contribution in [0, 0.1) is 11.8 Å². The minimum absolute atomic E-state index is 0.194. The molecule has 2 fully saturated rings. The SMILES string of the molecule is CC(C)(C)OC(=O)N1CCC(CNCC(O)C2CCCC2)CC1. The van der Waals surface area contributed by atoms with E-state index in [-0.39, 0.29) is 12.2 Å². The standard InChI is InChI=1S/C18H34N2O3/c1-18(2,3)23-17(22)20-10-8-14(9-11-20)12-19-13-16(21)15-6-4-5-7-15/h14-16,19,21H,4-13H2,1-3H3. The minimum atomic E-state index is -0.425. The molecule has 5 heteroatoms. The van der Waals surface area contributed by atoms with Gasteiger partial charge in [0.2, 0.25) is 0 Å². The fourth-order valence-corrected chi connectivity index (χ4v) is 3.59. The van der Waals surface area contributed by atoms with E-state index in [0.29, 0.717) is 18.4 Å². The Balaban J connectivity index is 1.60. The first-order valence-corrected chi connectivity index (χ1v) is 9.22. The fourth-order valence-electron chi connectivity index (χ4n) is 3.59. The van der Waals surface area contributed by atoms with Crippen LogP contribution in [0.3, 0.4) is 0 Å². The molecule has 0 spiro atoms. The summed E-state index contributed by atoms with van der Waals surface area (Å²) in [5.74, 6) is 1.08. The zero-order valence-electron chi connectivity index (χ0n) is 15.0. The van der Waals surface area contributed by atoms with Crippen molar-refractivity contribution in [3.8, 4) is 0 Å². The van der Waals surface area contributed by atoms with Crippen LogP contribution in [0.2, 0.25) is 0 Å². The third kappa shape index (κ3) is 6.30. The number of ether oxygens (including phenoxy) is 1. The van der Waals surface area contributed by atoms with Crippen molar-refractivity contribution < 1.29 is 14.6 Å². The summed E-state index contributed by atoms with van der Waals surface area (Å²) >= 11 is 0. The number of likely N-dealkylation sites (tertiary alicyclic amines) is 1. The Morgan fingerprint density at radius 3 is 2.39 bits per heavy atom. The number of nitrogens with one attached hydrogen (secondary N) is 1. The Morgan fingerprint density at radius 1 is 1.22 bits per heavy atom. The molecule has 1 heterocycles. The zero-order chi connectivity index (χ0) is 16.9. The van der Waals surface area contributed by atoms with Crippen molar-refractivity contribution in [2.24, 2.45) is 11.8 Å². The number of piperidine rings is 1. The lowest BCUT2D eigenvalue weighted by atomic mass is 9.96. The number of carbonyl (C=O) groups is 1. The maximum absolute atomic E-state index is 12.0. The molecular weight excluding hydrogens is 292 g/mol. The lowest BCUT2D eigenvalue weighted by Crippen LogP contribution is -2.44. The number of hydrogen-bond acceptors (Lipinski definition) is 4. The molecule has 0 aromatic heterocycles. The Hall–Kier alpha value is -0.810. The molecule has 2 aliphatic rings. The molecule has 1 aliphatic heterocycles. The molecule has 134 valence electrons. The molecule has 23 heavy (non-hydrogen) atoms. The molecule has 1 saturated carbocycles. The monoisotopic (exact) mass is 326 g/mol. The quantitative estimate of drug-likeness (QED) is 0.815. The summed E-state index contributed by atoms with van der Waals surface area (Å²) in [7, 11) is 0. The van der Waals surface area contributed by atoms with E-state index in [1.54, 1.807) is 0 Å². The molecule has 1 unspecified atom stereocenters. The number of nitrogens with zero attached hydrogens (tertiary/aromatic N) is 1. The predicted octanol–water partition coefficient (Wildman–Crippen LogP) is 2.77. The number of carbonyl (C=O) groups excluding carboxylic acids is 1. The highest BCUT2D eigenvalue weighted by molar-refractivity contribution is 5.68. The average molecular weight is 326 g/mol. The second kappa shape index (κ2) is 8.34. The van der Waals surface area contributed by atoms with E-state index in [9.17, 15) is 9.90 Å². The third-order valence-electron chi connectivity index (χ3n) is 5.00. The van der Waals surface area contributed by atoms with Gasteiger partial charge >= 0.3 is 6.09 Å². The summed E-state index contributed by atoms with van der Waals surface area (Å²) in [5.41, 5.74) is -0.425. The second-order valence-corrected chi connectivity index (χ2v) is 8.18. The van der Waals surface area contributed by atoms with Gasteiger partial charge in [0.05, 0.1) is 6.10 Å². The van der Waals surface area contributed by atoms with Crippen LogP contribution in [0.1, 0.15) is 59.3 Å². The summed E-state index contributed by atoms with van der Waals surface area (Å²) in [5, 5.41) is 13.6. The van der Waals surface area contributed by atoms with Gasteiger partial charge in [-0.05, 0) is 64.8 Å². The van der Waals surface area contributed by atoms with E-state index in [4.69, 9.17) is 4.74 Å². The first-order valence-electron chi connectivity index (χ1n) is 9.22. The van der Waals surface area contributed by atoms with Crippen LogP contribution < -0.4 is 5.32 Å². The first-order chi connectivity index (χ1) is 10.8. The first kappa shape index (κ1) is 18.5. The maximum Gasteiger partial charge on any atom is 0.410 e. The Bertz CT molecular complexity index is 367. The van der Waals surface area contributed by atoms with Gasteiger partial charge in [0.25, 0.3) is 0 Å². The van der Waals surface area contributed by atoms with Crippen molar-refractivity contribution in [3.05, 3.63) is 0 Å². The van der Waals surface area contributed by atoms with Crippen LogP contribution in [-0.2, 0) is 4.74 Å². The van der Waals surface area contributed by atoms with Gasteiger partial charge in [-0.2, -0.15) is 0 Å². The summed E-state index contributed by atoms with van der Waals surface area (Å²) in [6, 6.07) is 0. The van der Waals surface area contributed by atoms with Gasteiger partial charge in [0.15, 0.2) is 0 Å². The molecule has 5 nitrogen and oxygen atoms in total. The van der Waals surface area contributed by atoms with E-state index in [1.165, 1.54) is 25.7 Å². The molecule has 0 radical (unpaired) electrons. The molecule has 0 aromatic carbocycles. The van der Waals surface area contributed by atoms with E-state index >= 15 is 0 Å². The van der Waals surface area contributed by atoms with Gasteiger partial charge in [-0.3, -0.25) is 0 Å².